The number of aromatic carboxylic acids is 1. The van der Waals surface area contributed by atoms with Crippen molar-refractivity contribution in [1.29, 1.82) is 0 Å². The van der Waals surface area contributed by atoms with Crippen LogP contribution in [0.5, 0.6) is 28.7 Å². The van der Waals surface area contributed by atoms with E-state index in [1.54, 1.807) is 0 Å². The van der Waals surface area contributed by atoms with Gasteiger partial charge in [0, 0.05) is 0 Å². The quantitative estimate of drug-likeness (QED) is 0.117. The van der Waals surface area contributed by atoms with Crippen molar-refractivity contribution >= 4 is 11.9 Å². The molecule has 0 spiro atoms. The van der Waals surface area contributed by atoms with Gasteiger partial charge in [0.05, 0.1) is 12.2 Å². The number of carboxylic acids is 1. The lowest BCUT2D eigenvalue weighted by Crippen LogP contribution is -2.06. The second-order valence-electron chi connectivity index (χ2n) is 8.16. The lowest BCUT2D eigenvalue weighted by atomic mass is 10.1. The number of benzene rings is 2. The van der Waals surface area contributed by atoms with E-state index in [0.29, 0.717) is 6.61 Å². The van der Waals surface area contributed by atoms with Crippen LogP contribution >= 0.6 is 0 Å². The molecule has 0 amide bonds. The number of rotatable bonds is 13. The first-order chi connectivity index (χ1) is 16.7. The van der Waals surface area contributed by atoms with E-state index >= 15 is 0 Å². The van der Waals surface area contributed by atoms with Gasteiger partial charge in [-0.15, -0.1) is 0 Å². The van der Waals surface area contributed by atoms with Crippen molar-refractivity contribution in [2.24, 2.45) is 0 Å². The zero-order valence-electron chi connectivity index (χ0n) is 20.1. The molecule has 9 nitrogen and oxygen atoms in total. The zero-order chi connectivity index (χ0) is 26.2. The maximum absolute atomic E-state index is 11.8. The minimum absolute atomic E-state index is 0.0230. The van der Waals surface area contributed by atoms with E-state index in [-0.39, 0.29) is 11.1 Å². The van der Waals surface area contributed by atoms with Gasteiger partial charge in [-0.2, -0.15) is 0 Å². The molecule has 0 aliphatic heterocycles. The molecule has 35 heavy (non-hydrogen) atoms. The fraction of sp³-hybridized carbons (Fsp3) is 0.462. The Balaban J connectivity index is 0.000000462. The number of hydrogen-bond donors (Lipinski definition) is 6. The molecule has 0 aromatic heterocycles. The third-order valence-electron chi connectivity index (χ3n) is 5.28. The molecule has 2 aromatic carbocycles. The normalized spacial score (nSPS) is 10.3. The first kappa shape index (κ1) is 29.4. The number of unbranched alkanes of at least 4 members (excludes halogenated alkanes) is 9. The summed E-state index contributed by atoms with van der Waals surface area (Å²) in [6.45, 7) is 2.54. The molecule has 0 atom stereocenters. The number of esters is 1. The van der Waals surface area contributed by atoms with Crippen LogP contribution in [0.2, 0.25) is 0 Å². The molecule has 2 rings (SSSR count). The van der Waals surface area contributed by atoms with Crippen LogP contribution < -0.4 is 0 Å². The second-order valence-corrected chi connectivity index (χ2v) is 8.16. The Kier molecular flexibility index (Phi) is 13.5. The van der Waals surface area contributed by atoms with E-state index in [9.17, 15) is 24.9 Å². The molecule has 9 heteroatoms. The highest BCUT2D eigenvalue weighted by atomic mass is 16.5. The Morgan fingerprint density at radius 1 is 0.714 bits per heavy atom. The molecule has 0 fully saturated rings. The van der Waals surface area contributed by atoms with Gasteiger partial charge in [0.2, 0.25) is 0 Å². The molecule has 0 unspecified atom stereocenters. The smallest absolute Gasteiger partial charge is 0.339 e. The summed E-state index contributed by atoms with van der Waals surface area (Å²) in [5.74, 6) is -4.62. The minimum Gasteiger partial charge on any atom is -0.504 e. The Bertz CT molecular complexity index is 917. The molecule has 194 valence electrons. The Morgan fingerprint density at radius 3 is 1.71 bits per heavy atom. The van der Waals surface area contributed by atoms with Crippen LogP contribution in [0, 0.1) is 0 Å². The summed E-state index contributed by atoms with van der Waals surface area (Å²) in [6, 6.07) is 5.92. The van der Waals surface area contributed by atoms with Gasteiger partial charge in [0.1, 0.15) is 5.56 Å². The first-order valence-corrected chi connectivity index (χ1v) is 11.8. The fourth-order valence-corrected chi connectivity index (χ4v) is 3.26. The molecule has 0 saturated carbocycles. The highest BCUT2D eigenvalue weighted by Crippen LogP contribution is 2.35. The van der Waals surface area contributed by atoms with Crippen molar-refractivity contribution in [1.82, 2.24) is 0 Å². The van der Waals surface area contributed by atoms with Gasteiger partial charge in [0.25, 0.3) is 0 Å². The number of carboxylic acid groups (broad SMARTS) is 1. The Labute approximate surface area is 205 Å². The van der Waals surface area contributed by atoms with E-state index in [2.05, 4.69) is 6.92 Å². The third-order valence-corrected chi connectivity index (χ3v) is 5.28. The summed E-state index contributed by atoms with van der Waals surface area (Å²) in [5, 5.41) is 54.2. The van der Waals surface area contributed by atoms with Crippen LogP contribution in [0.25, 0.3) is 0 Å². The average molecular weight is 493 g/mol. The van der Waals surface area contributed by atoms with Gasteiger partial charge in [-0.25, -0.2) is 9.59 Å². The number of phenolic OH excluding ortho intramolecular Hbond substituents is 4. The van der Waals surface area contributed by atoms with E-state index in [1.807, 2.05) is 0 Å². The minimum atomic E-state index is -1.27. The zero-order valence-corrected chi connectivity index (χ0v) is 20.1. The highest BCUT2D eigenvalue weighted by molar-refractivity contribution is 5.92. The molecule has 0 aliphatic carbocycles. The first-order valence-electron chi connectivity index (χ1n) is 11.8. The number of phenols is 5. The predicted octanol–water partition coefficient (Wildman–Crippen LogP) is 5.68. The monoisotopic (exact) mass is 492 g/mol. The topological polar surface area (TPSA) is 165 Å². The number of para-hydroxylation sites is 1. The van der Waals surface area contributed by atoms with Crippen LogP contribution in [-0.4, -0.2) is 49.2 Å². The molecule has 2 aromatic rings. The lowest BCUT2D eigenvalue weighted by molar-refractivity contribution is 0.0496. The van der Waals surface area contributed by atoms with Crippen LogP contribution in [0.4, 0.5) is 0 Å². The van der Waals surface area contributed by atoms with Gasteiger partial charge in [0.15, 0.2) is 28.7 Å². The SMILES string of the molecule is CCCCCCCCCCCCOC(=O)c1cc(O)c(O)c(O)c1.O=C(O)c1cccc(O)c1O. The number of hydrogen-bond acceptors (Lipinski definition) is 8. The van der Waals surface area contributed by atoms with E-state index in [0.717, 1.165) is 31.4 Å². The standard InChI is InChI=1S/C19H30O5.C7H6O4/c1-2-3-4-5-6-7-8-9-10-11-12-24-19(23)15-13-16(20)18(22)17(21)14-15;8-5-3-1-2-4(6(5)9)7(10)11/h13-14,20-22H,2-12H2,1H3;1-3,8-9H,(H,10,11). The van der Waals surface area contributed by atoms with E-state index in [1.165, 1.54) is 63.1 Å². The molecule has 0 saturated heterocycles. The van der Waals surface area contributed by atoms with Crippen molar-refractivity contribution in [3.8, 4) is 28.7 Å². The second kappa shape index (κ2) is 16.1. The van der Waals surface area contributed by atoms with Crippen LogP contribution in [0.3, 0.4) is 0 Å². The fourth-order valence-electron chi connectivity index (χ4n) is 3.26. The van der Waals surface area contributed by atoms with E-state index < -0.39 is 40.7 Å². The summed E-state index contributed by atoms with van der Waals surface area (Å²) in [6.07, 6.45) is 12.1. The van der Waals surface area contributed by atoms with Gasteiger partial charge in [-0.3, -0.25) is 0 Å². The largest absolute Gasteiger partial charge is 0.504 e. The number of carbonyl (C=O) groups is 2. The summed E-state index contributed by atoms with van der Waals surface area (Å²) in [7, 11) is 0. The van der Waals surface area contributed by atoms with Crippen molar-refractivity contribution in [2.45, 2.75) is 71.1 Å². The molecule has 0 aliphatic rings. The van der Waals surface area contributed by atoms with Crippen molar-refractivity contribution in [2.75, 3.05) is 6.61 Å². The van der Waals surface area contributed by atoms with E-state index in [4.69, 9.17) is 20.1 Å². The summed E-state index contributed by atoms with van der Waals surface area (Å²) in [5.41, 5.74) is -0.278. The van der Waals surface area contributed by atoms with Crippen LogP contribution in [0.1, 0.15) is 91.8 Å². The van der Waals surface area contributed by atoms with Crippen molar-refractivity contribution in [3.63, 3.8) is 0 Å². The molecular formula is C26H36O9. The third kappa shape index (κ3) is 10.9. The highest BCUT2D eigenvalue weighted by Gasteiger charge is 2.14. The predicted molar refractivity (Wildman–Crippen MR) is 130 cm³/mol. The molecule has 6 N–H and O–H groups in total. The van der Waals surface area contributed by atoms with Crippen molar-refractivity contribution < 1.29 is 45.0 Å². The summed E-state index contributed by atoms with van der Waals surface area (Å²) < 4.78 is 5.11. The van der Waals surface area contributed by atoms with Crippen LogP contribution in [0.15, 0.2) is 30.3 Å². The van der Waals surface area contributed by atoms with Gasteiger partial charge in [-0.05, 0) is 30.7 Å². The molecular weight excluding hydrogens is 456 g/mol. The number of ether oxygens (including phenoxy) is 1. The van der Waals surface area contributed by atoms with Gasteiger partial charge >= 0.3 is 11.9 Å². The molecule has 0 radical (unpaired) electrons. The average Bonchev–Trinajstić information content (AvgIpc) is 2.82. The maximum atomic E-state index is 11.8. The molecule has 0 heterocycles. The number of aromatic hydroxyl groups is 5. The van der Waals surface area contributed by atoms with Crippen molar-refractivity contribution in [3.05, 3.63) is 41.5 Å². The van der Waals surface area contributed by atoms with Gasteiger partial charge in [-0.1, -0.05) is 70.8 Å². The maximum Gasteiger partial charge on any atom is 0.339 e. The Hall–Kier alpha value is -3.62. The van der Waals surface area contributed by atoms with Gasteiger partial charge < -0.3 is 35.4 Å². The van der Waals surface area contributed by atoms with Crippen LogP contribution in [-0.2, 0) is 4.74 Å². The summed E-state index contributed by atoms with van der Waals surface area (Å²) in [4.78, 5) is 22.1. The number of carbonyl (C=O) groups excluding carboxylic acids is 1. The lowest BCUT2D eigenvalue weighted by Gasteiger charge is -2.07. The molecule has 0 bridgehead atoms. The Morgan fingerprint density at radius 2 is 1.23 bits per heavy atom. The summed E-state index contributed by atoms with van der Waals surface area (Å²) >= 11 is 0.